The van der Waals surface area contributed by atoms with Gasteiger partial charge in [0.25, 0.3) is 0 Å². The molecule has 4 rings (SSSR count). The van der Waals surface area contributed by atoms with Gasteiger partial charge in [-0.1, -0.05) is 6.07 Å². The molecule has 2 aromatic rings. The molecule has 7 atom stereocenters. The van der Waals surface area contributed by atoms with Crippen LogP contribution in [0.1, 0.15) is 34.0 Å². The number of phenolic OH excluding ortho intramolecular Hbond substituents is 2. The van der Waals surface area contributed by atoms with Crippen molar-refractivity contribution in [3.8, 4) is 11.5 Å². The molecule has 0 aromatic heterocycles. The van der Waals surface area contributed by atoms with Crippen LogP contribution >= 0.6 is 0 Å². The number of fused-ring (bicyclic) bond motifs is 2. The predicted octanol–water partition coefficient (Wildman–Crippen LogP) is 0.0184. The monoisotopic (exact) mass is 450 g/mol. The van der Waals surface area contributed by atoms with Crippen molar-refractivity contribution in [2.24, 2.45) is 0 Å². The molecule has 0 radical (unpaired) electrons. The van der Waals surface area contributed by atoms with E-state index in [0.717, 1.165) is 5.56 Å². The summed E-state index contributed by atoms with van der Waals surface area (Å²) in [6, 6.07) is 4.81. The number of aryl methyl sites for hydroxylation is 1. The zero-order valence-electron chi connectivity index (χ0n) is 17.5. The van der Waals surface area contributed by atoms with Gasteiger partial charge in [-0.05, 0) is 35.6 Å². The van der Waals surface area contributed by atoms with Crippen molar-refractivity contribution >= 4 is 16.6 Å². The Morgan fingerprint density at radius 3 is 2.44 bits per heavy atom. The normalized spacial score (nSPS) is 32.8. The Kier molecular flexibility index (Phi) is 6.12. The van der Waals surface area contributed by atoms with Crippen molar-refractivity contribution in [3.63, 3.8) is 0 Å². The number of methoxy groups -OCH3 is 1. The Morgan fingerprint density at radius 2 is 1.78 bits per heavy atom. The van der Waals surface area contributed by atoms with E-state index in [4.69, 9.17) is 14.2 Å². The van der Waals surface area contributed by atoms with Crippen molar-refractivity contribution in [3.05, 3.63) is 34.9 Å². The molecule has 1 aliphatic heterocycles. The number of ether oxygens (including phenoxy) is 3. The molecule has 0 bridgehead atoms. The first-order chi connectivity index (χ1) is 15.2. The second-order valence-electron chi connectivity index (χ2n) is 8.22. The molecule has 0 unspecified atom stereocenters. The molecule has 1 fully saturated rings. The van der Waals surface area contributed by atoms with Gasteiger partial charge in [0.05, 0.1) is 23.7 Å². The number of ketones is 1. The molecule has 2 aliphatic rings. The second kappa shape index (κ2) is 8.56. The van der Waals surface area contributed by atoms with E-state index in [1.54, 1.807) is 19.1 Å². The minimum atomic E-state index is -1.63. The lowest BCUT2D eigenvalue weighted by atomic mass is 9.83. The minimum Gasteiger partial charge on any atom is -0.507 e. The fourth-order valence-corrected chi connectivity index (χ4v) is 4.44. The van der Waals surface area contributed by atoms with Crippen LogP contribution in [0.25, 0.3) is 10.8 Å². The van der Waals surface area contributed by atoms with Crippen LogP contribution in [0.3, 0.4) is 0 Å². The van der Waals surface area contributed by atoms with Crippen molar-refractivity contribution in [2.75, 3.05) is 13.7 Å². The maximum atomic E-state index is 13.0. The summed E-state index contributed by atoms with van der Waals surface area (Å²) in [6.45, 7) is 1.15. The summed E-state index contributed by atoms with van der Waals surface area (Å²) in [5.74, 6) is -1.08. The number of phenols is 2. The van der Waals surface area contributed by atoms with E-state index in [1.165, 1.54) is 13.2 Å². The summed E-state index contributed by atoms with van der Waals surface area (Å²) in [7, 11) is 1.33. The zero-order chi connectivity index (χ0) is 23.3. The summed E-state index contributed by atoms with van der Waals surface area (Å²) >= 11 is 0. The maximum Gasteiger partial charge on any atom is 0.195 e. The number of hydrogen-bond donors (Lipinski definition) is 6. The van der Waals surface area contributed by atoms with Crippen LogP contribution < -0.4 is 0 Å². The Bertz CT molecular complexity index is 1040. The summed E-state index contributed by atoms with van der Waals surface area (Å²) in [5.41, 5.74) is 0.956. The van der Waals surface area contributed by atoms with Gasteiger partial charge in [-0.25, -0.2) is 0 Å². The number of carbonyl (C=O) groups excluding carboxylic acids is 1. The lowest BCUT2D eigenvalue weighted by Crippen LogP contribution is -2.59. The third-order valence-corrected chi connectivity index (χ3v) is 6.11. The number of aliphatic hydroxyl groups excluding tert-OH is 4. The van der Waals surface area contributed by atoms with Crippen molar-refractivity contribution in [2.45, 2.75) is 56.3 Å². The largest absolute Gasteiger partial charge is 0.507 e. The molecule has 0 saturated carbocycles. The highest BCUT2D eigenvalue weighted by Gasteiger charge is 2.46. The smallest absolute Gasteiger partial charge is 0.195 e. The van der Waals surface area contributed by atoms with Gasteiger partial charge in [-0.15, -0.1) is 0 Å². The lowest BCUT2D eigenvalue weighted by Gasteiger charge is -2.42. The molecule has 1 heterocycles. The summed E-state index contributed by atoms with van der Waals surface area (Å²) in [6.07, 6.45) is -9.25. The van der Waals surface area contributed by atoms with Gasteiger partial charge in [-0.2, -0.15) is 0 Å². The fourth-order valence-electron chi connectivity index (χ4n) is 4.44. The van der Waals surface area contributed by atoms with E-state index in [0.29, 0.717) is 10.9 Å². The molecule has 32 heavy (non-hydrogen) atoms. The van der Waals surface area contributed by atoms with Gasteiger partial charge in [0.2, 0.25) is 0 Å². The molecule has 174 valence electrons. The van der Waals surface area contributed by atoms with E-state index in [9.17, 15) is 35.4 Å². The highest BCUT2D eigenvalue weighted by atomic mass is 16.7. The van der Waals surface area contributed by atoms with Crippen LogP contribution in [-0.4, -0.2) is 86.9 Å². The number of benzene rings is 2. The highest BCUT2D eigenvalue weighted by Crippen LogP contribution is 2.45. The summed E-state index contributed by atoms with van der Waals surface area (Å²) in [4.78, 5) is 13.0. The van der Waals surface area contributed by atoms with E-state index in [-0.39, 0.29) is 23.1 Å². The number of hydrogen-bond acceptors (Lipinski definition) is 10. The fraction of sp³-hybridized carbons (Fsp3) is 0.500. The van der Waals surface area contributed by atoms with Crippen LogP contribution in [-0.2, 0) is 14.2 Å². The predicted molar refractivity (Wildman–Crippen MR) is 109 cm³/mol. The average molecular weight is 450 g/mol. The number of carbonyl (C=O) groups is 1. The average Bonchev–Trinajstić information content (AvgIpc) is 2.75. The van der Waals surface area contributed by atoms with E-state index >= 15 is 0 Å². The number of Topliss-reactive ketones (excluding diaryl/α,β-unsaturated/α-hetero) is 1. The molecule has 0 amide bonds. The molecular formula is C22H26O10. The van der Waals surface area contributed by atoms with Gasteiger partial charge >= 0.3 is 0 Å². The number of aliphatic hydroxyl groups is 4. The standard InChI is InChI=1S/C22H26O10/c1-8-3-9-5-10-12(31-22-21(29)20(28)18(26)14(7-23)32-22)6-13(30-2)17(25)16(10)19(27)15(9)11(24)4-8/h3-5,12-14,18,20-24,26-29H,6-7H2,1-2H3/t12-,13-,14+,18+,20-,21+,22+/m0/s1. The quantitative estimate of drug-likeness (QED) is 0.374. The first-order valence-electron chi connectivity index (χ1n) is 10.2. The summed E-state index contributed by atoms with van der Waals surface area (Å²) in [5, 5.41) is 61.7. The number of rotatable bonds is 4. The Morgan fingerprint density at radius 1 is 1.06 bits per heavy atom. The first kappa shape index (κ1) is 22.9. The molecule has 6 N–H and O–H groups in total. The van der Waals surface area contributed by atoms with E-state index < -0.39 is 61.1 Å². The van der Waals surface area contributed by atoms with Crippen LogP contribution in [0.4, 0.5) is 0 Å². The first-order valence-corrected chi connectivity index (χ1v) is 10.2. The second-order valence-corrected chi connectivity index (χ2v) is 8.22. The minimum absolute atomic E-state index is 0.0279. The molecule has 0 spiro atoms. The molecule has 2 aromatic carbocycles. The van der Waals surface area contributed by atoms with Crippen LogP contribution in [0.15, 0.2) is 18.2 Å². The third kappa shape index (κ3) is 3.63. The summed E-state index contributed by atoms with van der Waals surface area (Å²) < 4.78 is 16.6. The van der Waals surface area contributed by atoms with Gasteiger partial charge in [0.1, 0.15) is 42.0 Å². The molecule has 10 heteroatoms. The zero-order valence-corrected chi connectivity index (χ0v) is 17.5. The Balaban J connectivity index is 1.79. The third-order valence-electron chi connectivity index (χ3n) is 6.11. The van der Waals surface area contributed by atoms with Crippen LogP contribution in [0, 0.1) is 6.92 Å². The van der Waals surface area contributed by atoms with Crippen LogP contribution in [0.5, 0.6) is 11.5 Å². The number of aromatic hydroxyl groups is 2. The van der Waals surface area contributed by atoms with Gasteiger partial charge in [0, 0.05) is 13.5 Å². The lowest BCUT2D eigenvalue weighted by molar-refractivity contribution is -0.314. The molecular weight excluding hydrogens is 424 g/mol. The Labute approximate surface area is 183 Å². The SMILES string of the molecule is CO[C@H]1C[C@H](O[C@@H]2O[C@H](CO)[C@@H](O)[C@H](O)[C@H]2O)c2cc3cc(C)cc(O)c3c(O)c2C1=O. The van der Waals surface area contributed by atoms with Crippen molar-refractivity contribution in [1.82, 2.24) is 0 Å². The molecule has 1 saturated heterocycles. The van der Waals surface area contributed by atoms with Gasteiger partial charge < -0.3 is 44.8 Å². The highest BCUT2D eigenvalue weighted by molar-refractivity contribution is 6.10. The van der Waals surface area contributed by atoms with Crippen LogP contribution in [0.2, 0.25) is 0 Å². The molecule has 10 nitrogen and oxygen atoms in total. The van der Waals surface area contributed by atoms with Gasteiger partial charge in [0.15, 0.2) is 12.1 Å². The van der Waals surface area contributed by atoms with E-state index in [1.807, 2.05) is 0 Å². The maximum absolute atomic E-state index is 13.0. The molecule has 1 aliphatic carbocycles. The van der Waals surface area contributed by atoms with Crippen molar-refractivity contribution < 1.29 is 49.6 Å². The topological polar surface area (TPSA) is 166 Å². The van der Waals surface area contributed by atoms with Crippen molar-refractivity contribution in [1.29, 1.82) is 0 Å². The van der Waals surface area contributed by atoms with Gasteiger partial charge in [-0.3, -0.25) is 4.79 Å². The Hall–Kier alpha value is -2.31. The van der Waals surface area contributed by atoms with E-state index in [2.05, 4.69) is 0 Å².